The summed E-state index contributed by atoms with van der Waals surface area (Å²) in [6.07, 6.45) is 0. The molecule has 11 heteroatoms. The minimum atomic E-state index is -0.645. The average molecular weight is 446 g/mol. The minimum Gasteiger partial charge on any atom is -0.325 e. The van der Waals surface area contributed by atoms with Crippen LogP contribution in [0.4, 0.5) is 17.1 Å². The van der Waals surface area contributed by atoms with Crippen LogP contribution < -0.4 is 10.6 Å². The van der Waals surface area contributed by atoms with Crippen LogP contribution >= 0.6 is 34.8 Å². The fourth-order valence-corrected chi connectivity index (χ4v) is 2.95. The van der Waals surface area contributed by atoms with Gasteiger partial charge in [0.2, 0.25) is 11.8 Å². The van der Waals surface area contributed by atoms with Gasteiger partial charge in [0.05, 0.1) is 33.7 Å². The van der Waals surface area contributed by atoms with E-state index in [1.807, 2.05) is 0 Å². The number of nitro benzene ring substituents is 1. The summed E-state index contributed by atoms with van der Waals surface area (Å²) in [7, 11) is 1.57. The van der Waals surface area contributed by atoms with Gasteiger partial charge < -0.3 is 10.6 Å². The van der Waals surface area contributed by atoms with Gasteiger partial charge in [-0.25, -0.2) is 0 Å². The van der Waals surface area contributed by atoms with Crippen LogP contribution in [-0.2, 0) is 9.59 Å². The molecule has 0 bridgehead atoms. The highest BCUT2D eigenvalue weighted by atomic mass is 35.5. The van der Waals surface area contributed by atoms with Crippen LogP contribution in [0.25, 0.3) is 0 Å². The van der Waals surface area contributed by atoms with Crippen molar-refractivity contribution in [2.45, 2.75) is 0 Å². The standard InChI is InChI=1S/C17H15Cl3N4O4/c1-23(9-16(26)22-17-12(19)3-2-4-13(17)20)8-15(25)21-10-5-6-11(18)14(7-10)24(27)28/h2-7H,8-9H2,1H3,(H,21,25)(H,22,26). The molecule has 2 aromatic carbocycles. The largest absolute Gasteiger partial charge is 0.325 e. The van der Waals surface area contributed by atoms with Gasteiger partial charge >= 0.3 is 0 Å². The lowest BCUT2D eigenvalue weighted by Crippen LogP contribution is -2.36. The highest BCUT2D eigenvalue weighted by Gasteiger charge is 2.16. The molecule has 0 saturated heterocycles. The van der Waals surface area contributed by atoms with Crippen molar-refractivity contribution in [3.05, 3.63) is 61.6 Å². The van der Waals surface area contributed by atoms with E-state index in [4.69, 9.17) is 34.8 Å². The van der Waals surface area contributed by atoms with Crippen molar-refractivity contribution in [1.82, 2.24) is 4.90 Å². The fraction of sp³-hybridized carbons (Fsp3) is 0.176. The van der Waals surface area contributed by atoms with Crippen molar-refractivity contribution in [3.63, 3.8) is 0 Å². The van der Waals surface area contributed by atoms with E-state index in [2.05, 4.69) is 10.6 Å². The first-order valence-electron chi connectivity index (χ1n) is 7.83. The van der Waals surface area contributed by atoms with Crippen LogP contribution in [0.1, 0.15) is 0 Å². The van der Waals surface area contributed by atoms with E-state index in [0.29, 0.717) is 15.7 Å². The molecule has 0 saturated carbocycles. The zero-order valence-corrected chi connectivity index (χ0v) is 16.8. The number of carbonyl (C=O) groups is 2. The minimum absolute atomic E-state index is 0.0324. The number of likely N-dealkylation sites (N-methyl/N-ethyl adjacent to an activating group) is 1. The second-order valence-electron chi connectivity index (χ2n) is 5.79. The molecule has 2 aromatic rings. The van der Waals surface area contributed by atoms with Gasteiger partial charge in [0.25, 0.3) is 5.69 Å². The Hall–Kier alpha value is -2.39. The second kappa shape index (κ2) is 9.70. The van der Waals surface area contributed by atoms with Gasteiger partial charge in [0, 0.05) is 11.8 Å². The molecule has 0 aromatic heterocycles. The Morgan fingerprint density at radius 1 is 1.00 bits per heavy atom. The number of anilines is 2. The van der Waals surface area contributed by atoms with E-state index in [9.17, 15) is 19.7 Å². The maximum Gasteiger partial charge on any atom is 0.289 e. The molecule has 2 amide bonds. The number of rotatable bonds is 7. The van der Waals surface area contributed by atoms with Crippen molar-refractivity contribution in [1.29, 1.82) is 0 Å². The Morgan fingerprint density at radius 3 is 2.14 bits per heavy atom. The molecule has 0 unspecified atom stereocenters. The number of para-hydroxylation sites is 1. The summed E-state index contributed by atoms with van der Waals surface area (Å²) in [6, 6.07) is 8.75. The predicted molar refractivity (Wildman–Crippen MR) is 109 cm³/mol. The molecule has 8 nitrogen and oxygen atoms in total. The van der Waals surface area contributed by atoms with E-state index >= 15 is 0 Å². The molecule has 0 radical (unpaired) electrons. The summed E-state index contributed by atoms with van der Waals surface area (Å²) in [6.45, 7) is -0.226. The predicted octanol–water partition coefficient (Wildman–Crippen LogP) is 4.06. The molecule has 0 spiro atoms. The SMILES string of the molecule is CN(CC(=O)Nc1ccc(Cl)c([N+](=O)[O-])c1)CC(=O)Nc1c(Cl)cccc1Cl. The Balaban J connectivity index is 1.91. The summed E-state index contributed by atoms with van der Waals surface area (Å²) in [4.78, 5) is 35.9. The number of nitrogens with zero attached hydrogens (tertiary/aromatic N) is 2. The van der Waals surface area contributed by atoms with Gasteiger partial charge in [-0.3, -0.25) is 24.6 Å². The molecule has 0 aliphatic carbocycles. The molecule has 0 fully saturated rings. The lowest BCUT2D eigenvalue weighted by atomic mass is 10.2. The first-order valence-corrected chi connectivity index (χ1v) is 8.97. The first-order chi connectivity index (χ1) is 13.2. The number of carbonyl (C=O) groups excluding carboxylic acids is 2. The van der Waals surface area contributed by atoms with E-state index in [1.165, 1.54) is 17.0 Å². The van der Waals surface area contributed by atoms with Gasteiger partial charge in [-0.05, 0) is 31.3 Å². The van der Waals surface area contributed by atoms with Crippen molar-refractivity contribution >= 4 is 63.7 Å². The third kappa shape index (κ3) is 6.07. The van der Waals surface area contributed by atoms with Crippen LogP contribution in [0.5, 0.6) is 0 Å². The molecule has 28 heavy (non-hydrogen) atoms. The quantitative estimate of drug-likeness (QED) is 0.494. The zero-order valence-electron chi connectivity index (χ0n) is 14.5. The maximum atomic E-state index is 12.1. The number of benzene rings is 2. The lowest BCUT2D eigenvalue weighted by molar-refractivity contribution is -0.384. The first kappa shape index (κ1) is 21.9. The number of amides is 2. The van der Waals surface area contributed by atoms with E-state index in [1.54, 1.807) is 25.2 Å². The van der Waals surface area contributed by atoms with E-state index < -0.39 is 16.7 Å². The summed E-state index contributed by atoms with van der Waals surface area (Å²) in [5.41, 5.74) is 0.202. The van der Waals surface area contributed by atoms with Crippen LogP contribution in [0.2, 0.25) is 15.1 Å². The topological polar surface area (TPSA) is 105 Å². The molecule has 0 aliphatic heterocycles. The molecule has 0 aliphatic rings. The average Bonchev–Trinajstić information content (AvgIpc) is 2.59. The molecule has 2 N–H and O–H groups in total. The molecular weight excluding hydrogens is 431 g/mol. The molecule has 0 heterocycles. The van der Waals surface area contributed by atoms with Gasteiger partial charge in [-0.2, -0.15) is 0 Å². The van der Waals surface area contributed by atoms with Crippen molar-refractivity contribution < 1.29 is 14.5 Å². The highest BCUT2D eigenvalue weighted by molar-refractivity contribution is 6.39. The van der Waals surface area contributed by atoms with Crippen LogP contribution in [-0.4, -0.2) is 41.8 Å². The fourth-order valence-electron chi connectivity index (χ4n) is 2.27. The van der Waals surface area contributed by atoms with Crippen LogP contribution in [0.3, 0.4) is 0 Å². The van der Waals surface area contributed by atoms with E-state index in [-0.39, 0.29) is 29.5 Å². The number of hydrogen-bond donors (Lipinski definition) is 2. The summed E-state index contributed by atoms with van der Waals surface area (Å²) in [5.74, 6) is -0.866. The van der Waals surface area contributed by atoms with Crippen LogP contribution in [0, 0.1) is 10.1 Å². The normalized spacial score (nSPS) is 10.6. The monoisotopic (exact) mass is 444 g/mol. The Kier molecular flexibility index (Phi) is 7.59. The molecule has 148 valence electrons. The molecule has 2 rings (SSSR count). The van der Waals surface area contributed by atoms with Crippen molar-refractivity contribution in [2.75, 3.05) is 30.8 Å². The third-order valence-electron chi connectivity index (χ3n) is 3.48. The third-order valence-corrected chi connectivity index (χ3v) is 4.43. The van der Waals surface area contributed by atoms with Crippen molar-refractivity contribution in [2.24, 2.45) is 0 Å². The Morgan fingerprint density at radius 2 is 1.57 bits per heavy atom. The lowest BCUT2D eigenvalue weighted by Gasteiger charge is -2.17. The molecular formula is C17H15Cl3N4O4. The second-order valence-corrected chi connectivity index (χ2v) is 7.01. The number of hydrogen-bond acceptors (Lipinski definition) is 5. The van der Waals surface area contributed by atoms with Gasteiger partial charge in [-0.15, -0.1) is 0 Å². The summed E-state index contributed by atoms with van der Waals surface area (Å²) < 4.78 is 0. The highest BCUT2D eigenvalue weighted by Crippen LogP contribution is 2.30. The summed E-state index contributed by atoms with van der Waals surface area (Å²) >= 11 is 17.7. The van der Waals surface area contributed by atoms with Gasteiger partial charge in [0.15, 0.2) is 0 Å². The van der Waals surface area contributed by atoms with Crippen molar-refractivity contribution in [3.8, 4) is 0 Å². The Bertz CT molecular complexity index is 903. The number of nitro groups is 1. The smallest absolute Gasteiger partial charge is 0.289 e. The van der Waals surface area contributed by atoms with Crippen LogP contribution in [0.15, 0.2) is 36.4 Å². The Labute approximate surface area is 175 Å². The maximum absolute atomic E-state index is 12.1. The summed E-state index contributed by atoms with van der Waals surface area (Å²) in [5, 5.41) is 16.6. The number of nitrogens with one attached hydrogen (secondary N) is 2. The molecule has 0 atom stereocenters. The number of halogens is 3. The van der Waals surface area contributed by atoms with Gasteiger partial charge in [-0.1, -0.05) is 40.9 Å². The zero-order chi connectivity index (χ0) is 20.8. The van der Waals surface area contributed by atoms with Gasteiger partial charge in [0.1, 0.15) is 5.02 Å². The van der Waals surface area contributed by atoms with E-state index in [0.717, 1.165) is 6.07 Å².